The van der Waals surface area contributed by atoms with E-state index < -0.39 is 15.2 Å². The van der Waals surface area contributed by atoms with E-state index in [1.165, 1.54) is 0 Å². The van der Waals surface area contributed by atoms with Crippen LogP contribution in [-0.4, -0.2) is 12.3 Å². The van der Waals surface area contributed by atoms with Gasteiger partial charge < -0.3 is 5.02 Å². The SMILES string of the molecule is O=P1(F)OOB(O)O1. The Morgan fingerprint density at radius 1 is 1.75 bits per heavy atom. The molecule has 0 aromatic carbocycles. The zero-order valence-corrected chi connectivity index (χ0v) is 4.38. The Balaban J connectivity index is 2.57. The fourth-order valence-electron chi connectivity index (χ4n) is 0.231. The van der Waals surface area contributed by atoms with E-state index in [0.717, 1.165) is 0 Å². The van der Waals surface area contributed by atoms with Crippen molar-refractivity contribution in [3.05, 3.63) is 0 Å². The molecule has 0 spiro atoms. The summed E-state index contributed by atoms with van der Waals surface area (Å²) in [6.45, 7) is 0. The minimum absolute atomic E-state index is 1.87. The zero-order chi connectivity index (χ0) is 6.20. The molecule has 1 N–H and O–H groups in total. The minimum atomic E-state index is -4.57. The van der Waals surface area contributed by atoms with Crippen LogP contribution in [0, 0.1) is 0 Å². The third kappa shape index (κ3) is 1.27. The first-order chi connectivity index (χ1) is 3.60. The molecule has 0 aromatic rings. The summed E-state index contributed by atoms with van der Waals surface area (Å²) in [7, 11) is -6.44. The molecule has 46 valence electrons. The molecule has 1 heterocycles. The highest BCUT2D eigenvalue weighted by Gasteiger charge is 2.43. The van der Waals surface area contributed by atoms with Crippen LogP contribution in [0.15, 0.2) is 0 Å². The Morgan fingerprint density at radius 2 is 2.38 bits per heavy atom. The molecule has 1 unspecified atom stereocenters. The molecule has 1 saturated heterocycles. The molecule has 5 nitrogen and oxygen atoms in total. The van der Waals surface area contributed by atoms with Gasteiger partial charge in [-0.05, 0) is 0 Å². The van der Waals surface area contributed by atoms with Gasteiger partial charge in [0, 0.05) is 0 Å². The first-order valence-electron chi connectivity index (χ1n) is 1.61. The van der Waals surface area contributed by atoms with Gasteiger partial charge in [0.05, 0.1) is 0 Å². The standard InChI is InChI=1S/BFHO5P/c2-8(4)6-1(3)5-7-8/h3H. The molecule has 1 atom stereocenters. The molecule has 8 heavy (non-hydrogen) atoms. The normalized spacial score (nSPS) is 38.5. The molecule has 0 bridgehead atoms. The van der Waals surface area contributed by atoms with Crippen molar-refractivity contribution in [2.45, 2.75) is 0 Å². The highest BCUT2D eigenvalue weighted by Crippen LogP contribution is 2.54. The molecule has 0 saturated carbocycles. The van der Waals surface area contributed by atoms with Crippen molar-refractivity contribution in [3.8, 4) is 0 Å². The van der Waals surface area contributed by atoms with E-state index in [4.69, 9.17) is 5.02 Å². The van der Waals surface area contributed by atoms with Gasteiger partial charge in [0.15, 0.2) is 0 Å². The third-order valence-electron chi connectivity index (χ3n) is 0.430. The predicted molar refractivity (Wildman–Crippen MR) is 19.9 cm³/mol. The van der Waals surface area contributed by atoms with Crippen LogP contribution in [0.1, 0.15) is 0 Å². The average molecular weight is 142 g/mol. The molecule has 1 rings (SSSR count). The average Bonchev–Trinajstić information content (AvgIpc) is 1.82. The van der Waals surface area contributed by atoms with Crippen LogP contribution in [-0.2, 0) is 18.5 Å². The van der Waals surface area contributed by atoms with E-state index >= 15 is 0 Å². The summed E-state index contributed by atoms with van der Waals surface area (Å²) in [5.41, 5.74) is 0. The summed E-state index contributed by atoms with van der Waals surface area (Å²) in [6.07, 6.45) is 0. The van der Waals surface area contributed by atoms with Crippen molar-refractivity contribution < 1.29 is 27.7 Å². The largest absolute Gasteiger partial charge is 0.674 e. The van der Waals surface area contributed by atoms with Crippen molar-refractivity contribution in [1.29, 1.82) is 0 Å². The lowest BCUT2D eigenvalue weighted by atomic mass is 10.3. The van der Waals surface area contributed by atoms with E-state index in [1.807, 2.05) is 0 Å². The molecule has 1 aliphatic rings. The fourth-order valence-corrected chi connectivity index (χ4v) is 0.693. The van der Waals surface area contributed by atoms with Crippen LogP contribution < -0.4 is 0 Å². The van der Waals surface area contributed by atoms with Gasteiger partial charge in [-0.25, -0.2) is 9.37 Å². The number of hydrogen-bond donors (Lipinski definition) is 1. The monoisotopic (exact) mass is 142 g/mol. The van der Waals surface area contributed by atoms with E-state index in [-0.39, 0.29) is 0 Å². The molecular formula is HBFO5P. The van der Waals surface area contributed by atoms with Crippen LogP contribution in [0.5, 0.6) is 0 Å². The lowest BCUT2D eigenvalue weighted by Crippen LogP contribution is -2.10. The van der Waals surface area contributed by atoms with Gasteiger partial charge in [0.25, 0.3) is 0 Å². The summed E-state index contributed by atoms with van der Waals surface area (Å²) in [5, 5.41) is 8.08. The van der Waals surface area contributed by atoms with Gasteiger partial charge in [-0.1, -0.05) is 0 Å². The van der Waals surface area contributed by atoms with Crippen LogP contribution in [0.4, 0.5) is 4.20 Å². The fraction of sp³-hybridized carbons (Fsp3) is 0. The summed E-state index contributed by atoms with van der Waals surface area (Å²) < 4.78 is 28.4. The summed E-state index contributed by atoms with van der Waals surface area (Å²) in [6, 6.07) is 0. The Bertz CT molecular complexity index is 134. The highest BCUT2D eigenvalue weighted by atomic mass is 31.2. The van der Waals surface area contributed by atoms with E-state index in [0.29, 0.717) is 0 Å². The smallest absolute Gasteiger partial charge is 0.400 e. The molecule has 0 aromatic heterocycles. The van der Waals surface area contributed by atoms with E-state index in [9.17, 15) is 8.76 Å². The second kappa shape index (κ2) is 1.79. The lowest BCUT2D eigenvalue weighted by Gasteiger charge is -1.88. The first kappa shape index (κ1) is 6.19. The predicted octanol–water partition coefficient (Wildman–Crippen LogP) is 0.0196. The number of rotatable bonds is 0. The molecule has 0 radical (unpaired) electrons. The van der Waals surface area contributed by atoms with E-state index in [2.05, 4.69) is 13.9 Å². The van der Waals surface area contributed by atoms with Crippen LogP contribution in [0.2, 0.25) is 0 Å². The zero-order valence-electron chi connectivity index (χ0n) is 3.48. The highest BCUT2D eigenvalue weighted by molar-refractivity contribution is 7.49. The second-order valence-corrected chi connectivity index (χ2v) is 2.23. The van der Waals surface area contributed by atoms with Crippen LogP contribution in [0.25, 0.3) is 0 Å². The second-order valence-electron chi connectivity index (χ2n) is 1.01. The number of hydrogen-bond acceptors (Lipinski definition) is 5. The summed E-state index contributed by atoms with van der Waals surface area (Å²) in [4.78, 5) is 3.56. The Kier molecular flexibility index (Phi) is 1.38. The van der Waals surface area contributed by atoms with E-state index in [1.54, 1.807) is 0 Å². The van der Waals surface area contributed by atoms with Crippen molar-refractivity contribution in [2.24, 2.45) is 0 Å². The number of halogens is 1. The summed E-state index contributed by atoms with van der Waals surface area (Å²) in [5.74, 6) is 0. The maximum atomic E-state index is 11.7. The maximum Gasteiger partial charge on any atom is 0.674 e. The van der Waals surface area contributed by atoms with Gasteiger partial charge >= 0.3 is 15.2 Å². The first-order valence-corrected chi connectivity index (χ1v) is 3.05. The lowest BCUT2D eigenvalue weighted by molar-refractivity contribution is -0.109. The van der Waals surface area contributed by atoms with Gasteiger partial charge in [-0.2, -0.15) is 0 Å². The van der Waals surface area contributed by atoms with Gasteiger partial charge in [-0.15, -0.1) is 8.87 Å². The van der Waals surface area contributed by atoms with Crippen molar-refractivity contribution >= 4 is 15.2 Å². The van der Waals surface area contributed by atoms with Gasteiger partial charge in [0.1, 0.15) is 0 Å². The van der Waals surface area contributed by atoms with Crippen LogP contribution in [0.3, 0.4) is 0 Å². The Labute approximate surface area is 44.1 Å². The van der Waals surface area contributed by atoms with Gasteiger partial charge in [-0.3, -0.25) is 4.44 Å². The molecule has 1 fully saturated rings. The molecular weight excluding hydrogens is 141 g/mol. The maximum absolute atomic E-state index is 11.7. The Morgan fingerprint density at radius 3 is 2.50 bits per heavy atom. The molecule has 0 amide bonds. The topological polar surface area (TPSA) is 65.0 Å². The molecule has 1 aliphatic heterocycles. The third-order valence-corrected chi connectivity index (χ3v) is 1.13. The van der Waals surface area contributed by atoms with Gasteiger partial charge in [0.2, 0.25) is 0 Å². The Hall–Kier alpha value is 0.0649. The molecule has 0 aliphatic carbocycles. The van der Waals surface area contributed by atoms with Crippen molar-refractivity contribution in [1.82, 2.24) is 0 Å². The summed E-state index contributed by atoms with van der Waals surface area (Å²) >= 11 is 0. The quantitative estimate of drug-likeness (QED) is 0.293. The van der Waals surface area contributed by atoms with Crippen molar-refractivity contribution in [3.63, 3.8) is 0 Å². The van der Waals surface area contributed by atoms with Crippen LogP contribution >= 0.6 is 7.91 Å². The van der Waals surface area contributed by atoms with Crippen molar-refractivity contribution in [2.75, 3.05) is 0 Å². The molecule has 8 heteroatoms. The minimum Gasteiger partial charge on any atom is -0.400 e.